The van der Waals surface area contributed by atoms with Crippen molar-refractivity contribution in [1.29, 1.82) is 0 Å². The maximum atomic E-state index is 13.4. The van der Waals surface area contributed by atoms with Gasteiger partial charge in [0.05, 0.1) is 6.04 Å². The summed E-state index contributed by atoms with van der Waals surface area (Å²) in [5.41, 5.74) is 5.72. The molecule has 0 saturated carbocycles. The number of benzene rings is 1. The van der Waals surface area contributed by atoms with Crippen molar-refractivity contribution >= 4 is 11.3 Å². The van der Waals surface area contributed by atoms with Gasteiger partial charge < -0.3 is 5.73 Å². The average Bonchev–Trinajstić information content (AvgIpc) is 2.69. The average molecular weight is 225 g/mol. The normalized spacial score (nSPS) is 12.7. The summed E-state index contributed by atoms with van der Waals surface area (Å²) in [6, 6.07) is 6.60. The standard InChI is InChI=1S/C11H9F2NS/c12-7-3-1-4-8(13)10(7)11(14)9-5-2-6-15-9/h1-6,11H,14H2/t11-/m1/s1. The molecule has 0 aliphatic heterocycles. The Morgan fingerprint density at radius 2 is 1.73 bits per heavy atom. The lowest BCUT2D eigenvalue weighted by Gasteiger charge is -2.11. The van der Waals surface area contributed by atoms with Crippen molar-refractivity contribution in [2.75, 3.05) is 0 Å². The fourth-order valence-electron chi connectivity index (χ4n) is 1.42. The molecule has 0 amide bonds. The van der Waals surface area contributed by atoms with Crippen molar-refractivity contribution in [3.63, 3.8) is 0 Å². The smallest absolute Gasteiger partial charge is 0.131 e. The molecule has 78 valence electrons. The van der Waals surface area contributed by atoms with Crippen LogP contribution in [0.3, 0.4) is 0 Å². The molecular formula is C11H9F2NS. The Bertz CT molecular complexity index is 433. The summed E-state index contributed by atoms with van der Waals surface area (Å²) >= 11 is 1.38. The van der Waals surface area contributed by atoms with Crippen molar-refractivity contribution in [3.8, 4) is 0 Å². The van der Waals surface area contributed by atoms with Crippen LogP contribution >= 0.6 is 11.3 Å². The third kappa shape index (κ3) is 1.91. The Balaban J connectivity index is 2.46. The van der Waals surface area contributed by atoms with Crippen molar-refractivity contribution in [2.45, 2.75) is 6.04 Å². The summed E-state index contributed by atoms with van der Waals surface area (Å²) in [5, 5.41) is 1.83. The van der Waals surface area contributed by atoms with E-state index in [0.29, 0.717) is 0 Å². The first-order chi connectivity index (χ1) is 7.20. The van der Waals surface area contributed by atoms with E-state index < -0.39 is 17.7 Å². The van der Waals surface area contributed by atoms with Crippen LogP contribution in [-0.4, -0.2) is 0 Å². The highest BCUT2D eigenvalue weighted by Crippen LogP contribution is 2.27. The second-order valence-electron chi connectivity index (χ2n) is 3.13. The van der Waals surface area contributed by atoms with Gasteiger partial charge in [-0.3, -0.25) is 0 Å². The molecule has 15 heavy (non-hydrogen) atoms. The van der Waals surface area contributed by atoms with E-state index >= 15 is 0 Å². The minimum absolute atomic E-state index is 0.0695. The van der Waals surface area contributed by atoms with E-state index in [4.69, 9.17) is 5.73 Å². The molecule has 1 aromatic carbocycles. The molecule has 1 heterocycles. The van der Waals surface area contributed by atoms with Gasteiger partial charge in [0.1, 0.15) is 11.6 Å². The highest BCUT2D eigenvalue weighted by Gasteiger charge is 2.18. The summed E-state index contributed by atoms with van der Waals surface area (Å²) in [5.74, 6) is -1.20. The van der Waals surface area contributed by atoms with Crippen LogP contribution in [0.2, 0.25) is 0 Å². The SMILES string of the molecule is N[C@H](c1cccs1)c1c(F)cccc1F. The molecule has 0 spiro atoms. The molecule has 0 radical (unpaired) electrons. The van der Waals surface area contributed by atoms with E-state index in [2.05, 4.69) is 0 Å². The quantitative estimate of drug-likeness (QED) is 0.835. The van der Waals surface area contributed by atoms with E-state index in [-0.39, 0.29) is 5.56 Å². The molecule has 2 N–H and O–H groups in total. The second-order valence-corrected chi connectivity index (χ2v) is 4.11. The highest BCUT2D eigenvalue weighted by molar-refractivity contribution is 7.10. The Kier molecular flexibility index (Phi) is 2.79. The van der Waals surface area contributed by atoms with Crippen molar-refractivity contribution in [3.05, 3.63) is 57.8 Å². The van der Waals surface area contributed by atoms with Gasteiger partial charge in [-0.25, -0.2) is 8.78 Å². The summed E-state index contributed by atoms with van der Waals surface area (Å²) in [6.45, 7) is 0. The molecule has 1 aromatic heterocycles. The van der Waals surface area contributed by atoms with Crippen LogP contribution in [0.15, 0.2) is 35.7 Å². The molecule has 1 atom stereocenters. The van der Waals surface area contributed by atoms with Crippen molar-refractivity contribution in [1.82, 2.24) is 0 Å². The molecule has 0 bridgehead atoms. The van der Waals surface area contributed by atoms with Gasteiger partial charge in [0.2, 0.25) is 0 Å². The molecule has 0 fully saturated rings. The van der Waals surface area contributed by atoms with Crippen molar-refractivity contribution < 1.29 is 8.78 Å². The predicted octanol–water partition coefficient (Wildman–Crippen LogP) is 3.07. The largest absolute Gasteiger partial charge is 0.319 e. The number of halogens is 2. The molecule has 1 nitrogen and oxygen atoms in total. The zero-order valence-electron chi connectivity index (χ0n) is 7.78. The molecule has 2 rings (SSSR count). The lowest BCUT2D eigenvalue weighted by Crippen LogP contribution is -2.14. The molecule has 2 aromatic rings. The van der Waals surface area contributed by atoms with E-state index in [1.54, 1.807) is 12.1 Å². The number of hydrogen-bond acceptors (Lipinski definition) is 2. The summed E-state index contributed by atoms with van der Waals surface area (Å²) in [7, 11) is 0. The van der Waals surface area contributed by atoms with Gasteiger partial charge in [0.15, 0.2) is 0 Å². The minimum Gasteiger partial charge on any atom is -0.319 e. The maximum Gasteiger partial charge on any atom is 0.131 e. The summed E-state index contributed by atoms with van der Waals surface area (Å²) in [6.07, 6.45) is 0. The zero-order valence-corrected chi connectivity index (χ0v) is 8.60. The van der Waals surface area contributed by atoms with Crippen LogP contribution in [0.25, 0.3) is 0 Å². The molecular weight excluding hydrogens is 216 g/mol. The fourth-order valence-corrected chi connectivity index (χ4v) is 2.15. The van der Waals surface area contributed by atoms with Crippen LogP contribution in [0.4, 0.5) is 8.78 Å². The van der Waals surface area contributed by atoms with Crippen LogP contribution in [0.5, 0.6) is 0 Å². The second kappa shape index (κ2) is 4.08. The summed E-state index contributed by atoms with van der Waals surface area (Å²) in [4.78, 5) is 0.749. The summed E-state index contributed by atoms with van der Waals surface area (Å²) < 4.78 is 26.8. The van der Waals surface area contributed by atoms with Crippen LogP contribution in [0, 0.1) is 11.6 Å². The van der Waals surface area contributed by atoms with Crippen molar-refractivity contribution in [2.24, 2.45) is 5.73 Å². The third-order valence-corrected chi connectivity index (χ3v) is 3.12. The lowest BCUT2D eigenvalue weighted by atomic mass is 10.1. The Morgan fingerprint density at radius 3 is 2.27 bits per heavy atom. The van der Waals surface area contributed by atoms with Crippen LogP contribution in [-0.2, 0) is 0 Å². The number of nitrogens with two attached hydrogens (primary N) is 1. The molecule has 0 saturated heterocycles. The monoisotopic (exact) mass is 225 g/mol. The molecule has 0 aliphatic carbocycles. The Morgan fingerprint density at radius 1 is 1.07 bits per heavy atom. The van der Waals surface area contributed by atoms with Gasteiger partial charge in [-0.2, -0.15) is 0 Å². The fraction of sp³-hybridized carbons (Fsp3) is 0.0909. The highest BCUT2D eigenvalue weighted by atomic mass is 32.1. The number of thiophene rings is 1. The first-order valence-electron chi connectivity index (χ1n) is 4.43. The first-order valence-corrected chi connectivity index (χ1v) is 5.31. The number of hydrogen-bond donors (Lipinski definition) is 1. The van der Waals surface area contributed by atoms with E-state index in [1.165, 1.54) is 29.5 Å². The molecule has 0 aliphatic rings. The Labute approximate surface area is 90.2 Å². The first kappa shape index (κ1) is 10.3. The minimum atomic E-state index is -0.730. The van der Waals surface area contributed by atoms with Gasteiger partial charge in [0, 0.05) is 10.4 Å². The van der Waals surface area contributed by atoms with Gasteiger partial charge >= 0.3 is 0 Å². The van der Waals surface area contributed by atoms with E-state index in [0.717, 1.165) is 4.88 Å². The third-order valence-electron chi connectivity index (χ3n) is 2.16. The lowest BCUT2D eigenvalue weighted by molar-refractivity contribution is 0.545. The molecule has 4 heteroatoms. The van der Waals surface area contributed by atoms with E-state index in [9.17, 15) is 8.78 Å². The maximum absolute atomic E-state index is 13.4. The number of rotatable bonds is 2. The topological polar surface area (TPSA) is 26.0 Å². The van der Waals surface area contributed by atoms with Gasteiger partial charge in [0.25, 0.3) is 0 Å². The van der Waals surface area contributed by atoms with Crippen LogP contribution in [0.1, 0.15) is 16.5 Å². The van der Waals surface area contributed by atoms with E-state index in [1.807, 2.05) is 5.38 Å². The molecule has 0 unspecified atom stereocenters. The Hall–Kier alpha value is -1.26. The predicted molar refractivity (Wildman–Crippen MR) is 56.7 cm³/mol. The zero-order chi connectivity index (χ0) is 10.8. The van der Waals surface area contributed by atoms with Gasteiger partial charge in [-0.1, -0.05) is 12.1 Å². The van der Waals surface area contributed by atoms with Gasteiger partial charge in [-0.05, 0) is 23.6 Å². The van der Waals surface area contributed by atoms with Gasteiger partial charge in [-0.15, -0.1) is 11.3 Å². The van der Waals surface area contributed by atoms with Crippen LogP contribution < -0.4 is 5.73 Å².